The molecule has 1 aliphatic carbocycles. The number of anilines is 1. The van der Waals surface area contributed by atoms with Crippen LogP contribution in [0.4, 0.5) is 5.69 Å². The van der Waals surface area contributed by atoms with Gasteiger partial charge in [0.05, 0.1) is 5.25 Å². The minimum atomic E-state index is -3.18. The van der Waals surface area contributed by atoms with E-state index in [0.29, 0.717) is 5.69 Å². The average Bonchev–Trinajstić information content (AvgIpc) is 2.75. The Labute approximate surface area is 96.9 Å². The summed E-state index contributed by atoms with van der Waals surface area (Å²) >= 11 is 0. The van der Waals surface area contributed by atoms with E-state index in [2.05, 4.69) is 4.72 Å². The summed E-state index contributed by atoms with van der Waals surface area (Å²) in [5.41, 5.74) is 1.79. The second-order valence-electron chi connectivity index (χ2n) is 4.42. The van der Waals surface area contributed by atoms with Crippen LogP contribution >= 0.6 is 0 Å². The topological polar surface area (TPSA) is 46.2 Å². The molecule has 1 saturated carbocycles. The highest BCUT2D eigenvalue weighted by Crippen LogP contribution is 2.26. The highest BCUT2D eigenvalue weighted by molar-refractivity contribution is 7.93. The maximum absolute atomic E-state index is 12.0. The molecule has 1 aliphatic rings. The molecule has 1 aromatic rings. The largest absolute Gasteiger partial charge is 0.283 e. The molecule has 1 aromatic carbocycles. The van der Waals surface area contributed by atoms with Gasteiger partial charge in [0.15, 0.2) is 0 Å². The molecule has 0 heterocycles. The molecule has 4 heteroatoms. The van der Waals surface area contributed by atoms with Gasteiger partial charge in [0, 0.05) is 5.69 Å². The van der Waals surface area contributed by atoms with Crippen LogP contribution in [0.1, 0.15) is 31.2 Å². The smallest absolute Gasteiger partial charge is 0.235 e. The van der Waals surface area contributed by atoms with Crippen LogP contribution in [0, 0.1) is 6.92 Å². The van der Waals surface area contributed by atoms with Crippen molar-refractivity contribution < 1.29 is 8.42 Å². The summed E-state index contributed by atoms with van der Waals surface area (Å²) < 4.78 is 26.6. The zero-order chi connectivity index (χ0) is 11.6. The summed E-state index contributed by atoms with van der Waals surface area (Å²) in [5, 5.41) is -0.200. The van der Waals surface area contributed by atoms with Gasteiger partial charge in [0.25, 0.3) is 0 Å². The van der Waals surface area contributed by atoms with Crippen molar-refractivity contribution in [2.24, 2.45) is 0 Å². The molecule has 0 unspecified atom stereocenters. The van der Waals surface area contributed by atoms with E-state index in [-0.39, 0.29) is 5.25 Å². The number of rotatable bonds is 3. The lowest BCUT2D eigenvalue weighted by molar-refractivity contribution is 0.585. The molecule has 3 nitrogen and oxygen atoms in total. The molecule has 1 N–H and O–H groups in total. The first-order valence-corrected chi connectivity index (χ1v) is 7.21. The van der Waals surface area contributed by atoms with Crippen molar-refractivity contribution in [3.8, 4) is 0 Å². The zero-order valence-corrected chi connectivity index (χ0v) is 10.3. The zero-order valence-electron chi connectivity index (χ0n) is 9.44. The normalized spacial score (nSPS) is 17.6. The van der Waals surface area contributed by atoms with Gasteiger partial charge in [-0.15, -0.1) is 0 Å². The van der Waals surface area contributed by atoms with Gasteiger partial charge in [0.1, 0.15) is 0 Å². The predicted molar refractivity (Wildman–Crippen MR) is 66.0 cm³/mol. The van der Waals surface area contributed by atoms with E-state index in [1.165, 1.54) is 0 Å². The number of nitrogens with one attached hydrogen (secondary N) is 1. The van der Waals surface area contributed by atoms with Gasteiger partial charge in [-0.2, -0.15) is 0 Å². The third-order valence-corrected chi connectivity index (χ3v) is 4.92. The first kappa shape index (κ1) is 11.5. The lowest BCUT2D eigenvalue weighted by Crippen LogP contribution is -2.25. The lowest BCUT2D eigenvalue weighted by Gasteiger charge is -2.13. The molecule has 0 spiro atoms. The van der Waals surface area contributed by atoms with E-state index in [4.69, 9.17) is 0 Å². The summed E-state index contributed by atoms with van der Waals surface area (Å²) in [6.07, 6.45) is 3.64. The van der Waals surface area contributed by atoms with Crippen molar-refractivity contribution in [3.05, 3.63) is 29.8 Å². The number of hydrogen-bond donors (Lipinski definition) is 1. The molecule has 1 fully saturated rings. The SMILES string of the molecule is Cc1ccc(NS(=O)(=O)C2CCCC2)cc1. The van der Waals surface area contributed by atoms with Crippen molar-refractivity contribution in [2.75, 3.05) is 4.72 Å². The summed E-state index contributed by atoms with van der Waals surface area (Å²) in [5.74, 6) is 0. The van der Waals surface area contributed by atoms with Crippen LogP contribution in [0.15, 0.2) is 24.3 Å². The van der Waals surface area contributed by atoms with Crippen molar-refractivity contribution in [3.63, 3.8) is 0 Å². The Morgan fingerprint density at radius 2 is 1.69 bits per heavy atom. The predicted octanol–water partition coefficient (Wildman–Crippen LogP) is 2.68. The quantitative estimate of drug-likeness (QED) is 0.881. The van der Waals surface area contributed by atoms with Crippen molar-refractivity contribution in [2.45, 2.75) is 37.9 Å². The highest BCUT2D eigenvalue weighted by Gasteiger charge is 2.28. The number of sulfonamides is 1. The molecule has 2 rings (SSSR count). The first-order chi connectivity index (χ1) is 7.58. The molecule has 0 bridgehead atoms. The van der Waals surface area contributed by atoms with Crippen LogP contribution < -0.4 is 4.72 Å². The molecule has 0 amide bonds. The Hall–Kier alpha value is -1.03. The Bertz CT molecular complexity index is 444. The minimum Gasteiger partial charge on any atom is -0.283 e. The van der Waals surface area contributed by atoms with Crippen molar-refractivity contribution in [1.82, 2.24) is 0 Å². The van der Waals surface area contributed by atoms with Crippen LogP contribution in [-0.2, 0) is 10.0 Å². The molecule has 0 aromatic heterocycles. The van der Waals surface area contributed by atoms with Crippen LogP contribution in [0.5, 0.6) is 0 Å². The van der Waals surface area contributed by atoms with E-state index < -0.39 is 10.0 Å². The molecule has 0 saturated heterocycles. The highest BCUT2D eigenvalue weighted by atomic mass is 32.2. The Morgan fingerprint density at radius 3 is 2.25 bits per heavy atom. The van der Waals surface area contributed by atoms with Gasteiger partial charge in [-0.25, -0.2) is 8.42 Å². The molecular formula is C12H17NO2S. The second-order valence-corrected chi connectivity index (χ2v) is 6.38. The van der Waals surface area contributed by atoms with Gasteiger partial charge < -0.3 is 0 Å². The fourth-order valence-corrected chi connectivity index (χ4v) is 3.65. The van der Waals surface area contributed by atoms with Gasteiger partial charge in [-0.1, -0.05) is 30.5 Å². The molecule has 0 atom stereocenters. The average molecular weight is 239 g/mol. The molecule has 0 aliphatic heterocycles. The summed E-state index contributed by atoms with van der Waals surface area (Å²) in [6, 6.07) is 7.43. The van der Waals surface area contributed by atoms with E-state index >= 15 is 0 Å². The monoisotopic (exact) mass is 239 g/mol. The standard InChI is InChI=1S/C12H17NO2S/c1-10-6-8-11(9-7-10)13-16(14,15)12-4-2-3-5-12/h6-9,12-13H,2-5H2,1H3. The number of aryl methyl sites for hydroxylation is 1. The van der Waals surface area contributed by atoms with Crippen LogP contribution in [0.3, 0.4) is 0 Å². The molecule has 88 valence electrons. The van der Waals surface area contributed by atoms with Gasteiger partial charge in [-0.3, -0.25) is 4.72 Å². The van der Waals surface area contributed by atoms with E-state index in [1.807, 2.05) is 31.2 Å². The summed E-state index contributed by atoms with van der Waals surface area (Å²) in [7, 11) is -3.18. The van der Waals surface area contributed by atoms with Gasteiger partial charge in [0.2, 0.25) is 10.0 Å². The van der Waals surface area contributed by atoms with Gasteiger partial charge >= 0.3 is 0 Å². The first-order valence-electron chi connectivity index (χ1n) is 5.66. The van der Waals surface area contributed by atoms with Crippen LogP contribution in [-0.4, -0.2) is 13.7 Å². The Kier molecular flexibility index (Phi) is 3.19. The van der Waals surface area contributed by atoms with E-state index in [0.717, 1.165) is 31.2 Å². The molecule has 0 radical (unpaired) electrons. The maximum atomic E-state index is 12.0. The number of benzene rings is 1. The third kappa shape index (κ3) is 2.55. The molecule has 16 heavy (non-hydrogen) atoms. The fourth-order valence-electron chi connectivity index (χ4n) is 2.07. The summed E-state index contributed by atoms with van der Waals surface area (Å²) in [4.78, 5) is 0. The molecular weight excluding hydrogens is 222 g/mol. The lowest BCUT2D eigenvalue weighted by atomic mass is 10.2. The van der Waals surface area contributed by atoms with Crippen molar-refractivity contribution >= 4 is 15.7 Å². The second kappa shape index (κ2) is 4.45. The van der Waals surface area contributed by atoms with Crippen molar-refractivity contribution in [1.29, 1.82) is 0 Å². The van der Waals surface area contributed by atoms with Crippen LogP contribution in [0.2, 0.25) is 0 Å². The van der Waals surface area contributed by atoms with Crippen LogP contribution in [0.25, 0.3) is 0 Å². The van der Waals surface area contributed by atoms with E-state index in [9.17, 15) is 8.42 Å². The summed E-state index contributed by atoms with van der Waals surface area (Å²) in [6.45, 7) is 1.98. The Balaban J connectivity index is 2.11. The van der Waals surface area contributed by atoms with E-state index in [1.54, 1.807) is 0 Å². The fraction of sp³-hybridized carbons (Fsp3) is 0.500. The van der Waals surface area contributed by atoms with Gasteiger partial charge in [-0.05, 0) is 31.9 Å². The number of hydrogen-bond acceptors (Lipinski definition) is 2. The maximum Gasteiger partial charge on any atom is 0.235 e. The Morgan fingerprint density at radius 1 is 1.12 bits per heavy atom. The third-order valence-electron chi connectivity index (χ3n) is 3.05. The minimum absolute atomic E-state index is 0.200.